The van der Waals surface area contributed by atoms with E-state index in [0.29, 0.717) is 5.82 Å². The highest BCUT2D eigenvalue weighted by atomic mass is 15.3. The maximum absolute atomic E-state index is 4.54. The standard InChI is InChI=1S/C16H14N4/c1-3-4-7-13-12(2)10-17-11-14(13)16-18-15-8-5-6-9-20(15)19-16/h3-11H,1H2,2H3/b7-4-. The highest BCUT2D eigenvalue weighted by Gasteiger charge is 2.11. The van der Waals surface area contributed by atoms with Gasteiger partial charge in [-0.2, -0.15) is 0 Å². The number of allylic oxidation sites excluding steroid dienone is 2. The topological polar surface area (TPSA) is 43.1 Å². The molecule has 20 heavy (non-hydrogen) atoms. The quantitative estimate of drug-likeness (QED) is 0.680. The van der Waals surface area contributed by atoms with Crippen molar-refractivity contribution in [1.82, 2.24) is 19.6 Å². The first-order valence-electron chi connectivity index (χ1n) is 6.35. The van der Waals surface area contributed by atoms with Crippen LogP contribution in [0.5, 0.6) is 0 Å². The van der Waals surface area contributed by atoms with Crippen LogP contribution in [-0.4, -0.2) is 19.6 Å². The van der Waals surface area contributed by atoms with E-state index in [0.717, 1.165) is 22.3 Å². The van der Waals surface area contributed by atoms with Gasteiger partial charge in [0.05, 0.1) is 0 Å². The number of fused-ring (bicyclic) bond motifs is 1. The fourth-order valence-electron chi connectivity index (χ4n) is 2.08. The zero-order chi connectivity index (χ0) is 13.9. The van der Waals surface area contributed by atoms with Crippen LogP contribution in [-0.2, 0) is 0 Å². The van der Waals surface area contributed by atoms with E-state index in [4.69, 9.17) is 0 Å². The molecular weight excluding hydrogens is 248 g/mol. The van der Waals surface area contributed by atoms with Crippen LogP contribution in [0.25, 0.3) is 23.1 Å². The largest absolute Gasteiger partial charge is 0.264 e. The molecule has 0 aliphatic carbocycles. The number of aromatic nitrogens is 4. The Labute approximate surface area is 117 Å². The van der Waals surface area contributed by atoms with Crippen LogP contribution in [0.15, 0.2) is 55.5 Å². The Kier molecular flexibility index (Phi) is 3.13. The number of aryl methyl sites for hydroxylation is 1. The van der Waals surface area contributed by atoms with Crippen molar-refractivity contribution in [2.75, 3.05) is 0 Å². The predicted molar refractivity (Wildman–Crippen MR) is 80.2 cm³/mol. The van der Waals surface area contributed by atoms with Gasteiger partial charge >= 0.3 is 0 Å². The van der Waals surface area contributed by atoms with Crippen molar-refractivity contribution in [1.29, 1.82) is 0 Å². The number of rotatable bonds is 3. The highest BCUT2D eigenvalue weighted by Crippen LogP contribution is 2.24. The van der Waals surface area contributed by atoms with Crippen LogP contribution in [0.2, 0.25) is 0 Å². The fourth-order valence-corrected chi connectivity index (χ4v) is 2.08. The zero-order valence-corrected chi connectivity index (χ0v) is 11.2. The van der Waals surface area contributed by atoms with Crippen LogP contribution >= 0.6 is 0 Å². The summed E-state index contributed by atoms with van der Waals surface area (Å²) in [6.07, 6.45) is 11.2. The van der Waals surface area contributed by atoms with Crippen molar-refractivity contribution < 1.29 is 0 Å². The van der Waals surface area contributed by atoms with Crippen LogP contribution in [0.3, 0.4) is 0 Å². The maximum atomic E-state index is 4.54. The lowest BCUT2D eigenvalue weighted by Crippen LogP contribution is -1.92. The SMILES string of the molecule is C=C/C=C\c1c(C)cncc1-c1nc2ccccn2n1. The van der Waals surface area contributed by atoms with Crippen molar-refractivity contribution in [3.05, 3.63) is 66.6 Å². The lowest BCUT2D eigenvalue weighted by Gasteiger charge is -2.04. The van der Waals surface area contributed by atoms with Gasteiger partial charge in [-0.15, -0.1) is 5.10 Å². The second kappa shape index (κ2) is 5.09. The van der Waals surface area contributed by atoms with E-state index in [9.17, 15) is 0 Å². The minimum absolute atomic E-state index is 0.677. The van der Waals surface area contributed by atoms with Crippen LogP contribution in [0.4, 0.5) is 0 Å². The summed E-state index contributed by atoms with van der Waals surface area (Å²) >= 11 is 0. The Morgan fingerprint density at radius 3 is 2.95 bits per heavy atom. The Morgan fingerprint density at radius 2 is 2.15 bits per heavy atom. The Bertz CT molecular complexity index is 766. The van der Waals surface area contributed by atoms with E-state index in [1.807, 2.05) is 49.7 Å². The third-order valence-electron chi connectivity index (χ3n) is 3.07. The third-order valence-corrected chi connectivity index (χ3v) is 3.07. The third kappa shape index (κ3) is 2.12. The fraction of sp³-hybridized carbons (Fsp3) is 0.0625. The molecule has 0 spiro atoms. The molecule has 0 aromatic carbocycles. The summed E-state index contributed by atoms with van der Waals surface area (Å²) in [6, 6.07) is 5.80. The molecule has 0 saturated heterocycles. The van der Waals surface area contributed by atoms with Crippen LogP contribution < -0.4 is 0 Å². The van der Waals surface area contributed by atoms with E-state index in [1.54, 1.807) is 16.8 Å². The number of hydrogen-bond acceptors (Lipinski definition) is 3. The summed E-state index contributed by atoms with van der Waals surface area (Å²) in [6.45, 7) is 5.73. The summed E-state index contributed by atoms with van der Waals surface area (Å²) in [5.74, 6) is 0.677. The van der Waals surface area contributed by atoms with Gasteiger partial charge in [0.25, 0.3) is 0 Å². The molecule has 0 amide bonds. The number of pyridine rings is 2. The molecule has 0 radical (unpaired) electrons. The first-order chi connectivity index (χ1) is 9.79. The summed E-state index contributed by atoms with van der Waals surface area (Å²) in [5.41, 5.74) is 3.89. The first kappa shape index (κ1) is 12.3. The summed E-state index contributed by atoms with van der Waals surface area (Å²) in [5, 5.41) is 4.50. The van der Waals surface area contributed by atoms with Gasteiger partial charge in [-0.1, -0.05) is 30.9 Å². The van der Waals surface area contributed by atoms with Gasteiger partial charge in [0.2, 0.25) is 0 Å². The van der Waals surface area contributed by atoms with Gasteiger partial charge in [0.1, 0.15) is 0 Å². The molecule has 3 heterocycles. The predicted octanol–water partition coefficient (Wildman–Crippen LogP) is 3.30. The van der Waals surface area contributed by atoms with Gasteiger partial charge in [0, 0.05) is 24.2 Å². The minimum atomic E-state index is 0.677. The van der Waals surface area contributed by atoms with Gasteiger partial charge < -0.3 is 0 Å². The van der Waals surface area contributed by atoms with Crippen molar-refractivity contribution in [3.8, 4) is 11.4 Å². The van der Waals surface area contributed by atoms with Gasteiger partial charge in [-0.25, -0.2) is 9.50 Å². The molecule has 98 valence electrons. The van der Waals surface area contributed by atoms with Gasteiger partial charge in [0.15, 0.2) is 11.5 Å². The smallest absolute Gasteiger partial charge is 0.184 e. The van der Waals surface area contributed by atoms with Gasteiger partial charge in [-0.05, 0) is 30.2 Å². The van der Waals surface area contributed by atoms with Crippen molar-refractivity contribution >= 4 is 11.7 Å². The molecule has 0 aliphatic heterocycles. The molecule has 3 aromatic rings. The summed E-state index contributed by atoms with van der Waals surface area (Å²) < 4.78 is 1.76. The molecular formula is C16H14N4. The van der Waals surface area contributed by atoms with Crippen LogP contribution in [0, 0.1) is 6.92 Å². The second-order valence-electron chi connectivity index (χ2n) is 4.45. The molecule has 3 rings (SSSR count). The molecule has 4 heteroatoms. The highest BCUT2D eigenvalue weighted by molar-refractivity contribution is 5.73. The van der Waals surface area contributed by atoms with E-state index in [2.05, 4.69) is 21.6 Å². The second-order valence-corrected chi connectivity index (χ2v) is 4.45. The van der Waals surface area contributed by atoms with Crippen LogP contribution in [0.1, 0.15) is 11.1 Å². The summed E-state index contributed by atoms with van der Waals surface area (Å²) in [7, 11) is 0. The number of hydrogen-bond donors (Lipinski definition) is 0. The van der Waals surface area contributed by atoms with Crippen molar-refractivity contribution in [2.45, 2.75) is 6.92 Å². The Hall–Kier alpha value is -2.75. The van der Waals surface area contributed by atoms with E-state index < -0.39 is 0 Å². The Balaban J connectivity index is 2.20. The molecule has 0 unspecified atom stereocenters. The molecule has 0 saturated carbocycles. The molecule has 0 atom stereocenters. The molecule has 0 aliphatic rings. The first-order valence-corrected chi connectivity index (χ1v) is 6.35. The average Bonchev–Trinajstić information content (AvgIpc) is 2.89. The van der Waals surface area contributed by atoms with Crippen molar-refractivity contribution in [3.63, 3.8) is 0 Å². The molecule has 0 bridgehead atoms. The molecule has 4 nitrogen and oxygen atoms in total. The lowest BCUT2D eigenvalue weighted by molar-refractivity contribution is 0.964. The summed E-state index contributed by atoms with van der Waals surface area (Å²) in [4.78, 5) is 8.80. The van der Waals surface area contributed by atoms with E-state index in [-0.39, 0.29) is 0 Å². The molecule has 0 N–H and O–H groups in total. The average molecular weight is 262 g/mol. The minimum Gasteiger partial charge on any atom is -0.264 e. The maximum Gasteiger partial charge on any atom is 0.184 e. The van der Waals surface area contributed by atoms with E-state index >= 15 is 0 Å². The van der Waals surface area contributed by atoms with Gasteiger partial charge in [-0.3, -0.25) is 4.98 Å². The Morgan fingerprint density at radius 1 is 1.25 bits per heavy atom. The van der Waals surface area contributed by atoms with Crippen molar-refractivity contribution in [2.24, 2.45) is 0 Å². The zero-order valence-electron chi connectivity index (χ0n) is 11.2. The molecule has 3 aromatic heterocycles. The lowest BCUT2D eigenvalue weighted by atomic mass is 10.0. The molecule has 0 fully saturated rings. The van der Waals surface area contributed by atoms with E-state index in [1.165, 1.54) is 0 Å². The normalized spacial score (nSPS) is 11.2. The number of nitrogens with zero attached hydrogens (tertiary/aromatic N) is 4. The monoisotopic (exact) mass is 262 g/mol.